The lowest BCUT2D eigenvalue weighted by molar-refractivity contribution is 0.432. The van der Waals surface area contributed by atoms with Crippen molar-refractivity contribution in [1.29, 1.82) is 0 Å². The van der Waals surface area contributed by atoms with Crippen LogP contribution in [0.4, 0.5) is 5.69 Å². The molecule has 6 nitrogen and oxygen atoms in total. The standard InChI is InChI=1S/C13H11N3O3/c1-7-9(4-5-18-7)12-15-13(19-16-12)8-2-3-11(17)10(14)6-8/h2-6,17H,14H2,1H3. The molecule has 0 radical (unpaired) electrons. The van der Waals surface area contributed by atoms with E-state index in [1.54, 1.807) is 24.5 Å². The van der Waals surface area contributed by atoms with Crippen LogP contribution in [0, 0.1) is 6.92 Å². The second kappa shape index (κ2) is 4.16. The first-order chi connectivity index (χ1) is 9.15. The predicted molar refractivity (Wildman–Crippen MR) is 68.3 cm³/mol. The SMILES string of the molecule is Cc1occc1-c1noc(-c2ccc(O)c(N)c2)n1. The van der Waals surface area contributed by atoms with Gasteiger partial charge in [0.1, 0.15) is 11.5 Å². The van der Waals surface area contributed by atoms with Gasteiger partial charge in [-0.05, 0) is 31.2 Å². The first-order valence-electron chi connectivity index (χ1n) is 5.62. The zero-order valence-electron chi connectivity index (χ0n) is 10.1. The number of benzene rings is 1. The van der Waals surface area contributed by atoms with Crippen LogP contribution in [0.15, 0.2) is 39.5 Å². The number of furan rings is 1. The van der Waals surface area contributed by atoms with Crippen LogP contribution in [0.1, 0.15) is 5.76 Å². The molecule has 6 heteroatoms. The molecule has 0 atom stereocenters. The molecular formula is C13H11N3O3. The van der Waals surface area contributed by atoms with E-state index in [1.807, 2.05) is 6.92 Å². The molecular weight excluding hydrogens is 246 g/mol. The number of aromatic nitrogens is 2. The second-order valence-electron chi connectivity index (χ2n) is 4.09. The van der Waals surface area contributed by atoms with Crippen LogP contribution in [0.2, 0.25) is 0 Å². The molecule has 0 saturated heterocycles. The predicted octanol–water partition coefficient (Wildman–Crippen LogP) is 2.59. The fourth-order valence-electron chi connectivity index (χ4n) is 1.75. The number of rotatable bonds is 2. The number of phenols is 1. The number of aromatic hydroxyl groups is 1. The molecule has 2 heterocycles. The lowest BCUT2D eigenvalue weighted by Gasteiger charge is -1.99. The zero-order valence-corrected chi connectivity index (χ0v) is 10.1. The number of aryl methyl sites for hydroxylation is 1. The van der Waals surface area contributed by atoms with Gasteiger partial charge in [-0.1, -0.05) is 5.16 Å². The Morgan fingerprint density at radius 1 is 1.26 bits per heavy atom. The number of nitrogens with two attached hydrogens (primary N) is 1. The molecule has 96 valence electrons. The van der Waals surface area contributed by atoms with E-state index < -0.39 is 0 Å². The van der Waals surface area contributed by atoms with E-state index in [0.717, 1.165) is 11.3 Å². The largest absolute Gasteiger partial charge is 0.506 e. The van der Waals surface area contributed by atoms with E-state index >= 15 is 0 Å². The lowest BCUT2D eigenvalue weighted by Crippen LogP contribution is -1.87. The normalized spacial score (nSPS) is 10.8. The van der Waals surface area contributed by atoms with Crippen molar-refractivity contribution >= 4 is 5.69 Å². The molecule has 19 heavy (non-hydrogen) atoms. The summed E-state index contributed by atoms with van der Waals surface area (Å²) in [7, 11) is 0. The van der Waals surface area contributed by atoms with E-state index in [2.05, 4.69) is 10.1 Å². The minimum Gasteiger partial charge on any atom is -0.506 e. The Morgan fingerprint density at radius 2 is 2.11 bits per heavy atom. The second-order valence-corrected chi connectivity index (χ2v) is 4.09. The van der Waals surface area contributed by atoms with Crippen LogP contribution in [-0.4, -0.2) is 15.2 Å². The summed E-state index contributed by atoms with van der Waals surface area (Å²) in [5.74, 6) is 1.53. The van der Waals surface area contributed by atoms with Crippen molar-refractivity contribution in [3.8, 4) is 28.6 Å². The van der Waals surface area contributed by atoms with Crippen molar-refractivity contribution in [3.05, 3.63) is 36.3 Å². The fraction of sp³-hybridized carbons (Fsp3) is 0.0769. The average molecular weight is 257 g/mol. The maximum absolute atomic E-state index is 9.38. The Balaban J connectivity index is 2.01. The Bertz CT molecular complexity index is 730. The highest BCUT2D eigenvalue weighted by Crippen LogP contribution is 2.28. The van der Waals surface area contributed by atoms with Gasteiger partial charge in [-0.3, -0.25) is 0 Å². The third kappa shape index (κ3) is 1.93. The van der Waals surface area contributed by atoms with E-state index in [1.165, 1.54) is 6.07 Å². The molecule has 3 rings (SSSR count). The third-order valence-electron chi connectivity index (χ3n) is 2.80. The summed E-state index contributed by atoms with van der Waals surface area (Å²) < 4.78 is 10.4. The molecule has 0 bridgehead atoms. The van der Waals surface area contributed by atoms with Gasteiger partial charge >= 0.3 is 0 Å². The molecule has 3 N–H and O–H groups in total. The van der Waals surface area contributed by atoms with E-state index in [4.69, 9.17) is 14.7 Å². The van der Waals surface area contributed by atoms with Crippen LogP contribution in [0.25, 0.3) is 22.8 Å². The van der Waals surface area contributed by atoms with Gasteiger partial charge in [0.25, 0.3) is 5.89 Å². The van der Waals surface area contributed by atoms with Crippen LogP contribution in [0.3, 0.4) is 0 Å². The number of hydrogen-bond acceptors (Lipinski definition) is 6. The first kappa shape index (κ1) is 11.3. The molecule has 0 aliphatic carbocycles. The summed E-state index contributed by atoms with van der Waals surface area (Å²) in [5.41, 5.74) is 7.32. The van der Waals surface area contributed by atoms with Crippen molar-refractivity contribution in [3.63, 3.8) is 0 Å². The average Bonchev–Trinajstić information content (AvgIpc) is 3.01. The van der Waals surface area contributed by atoms with Crippen molar-refractivity contribution < 1.29 is 14.0 Å². The van der Waals surface area contributed by atoms with Gasteiger partial charge in [0.2, 0.25) is 5.82 Å². The van der Waals surface area contributed by atoms with Crippen LogP contribution < -0.4 is 5.73 Å². The number of nitrogens with zero attached hydrogens (tertiary/aromatic N) is 2. The molecule has 0 fully saturated rings. The van der Waals surface area contributed by atoms with Crippen molar-refractivity contribution in [2.24, 2.45) is 0 Å². The lowest BCUT2D eigenvalue weighted by atomic mass is 10.2. The molecule has 2 aromatic heterocycles. The topological polar surface area (TPSA) is 98.3 Å². The number of nitrogen functional groups attached to an aromatic ring is 1. The molecule has 0 aliphatic rings. The monoisotopic (exact) mass is 257 g/mol. The Morgan fingerprint density at radius 3 is 2.79 bits per heavy atom. The summed E-state index contributed by atoms with van der Waals surface area (Å²) in [6.07, 6.45) is 1.57. The van der Waals surface area contributed by atoms with Crippen molar-refractivity contribution in [1.82, 2.24) is 10.1 Å². The van der Waals surface area contributed by atoms with Gasteiger partial charge in [-0.2, -0.15) is 4.98 Å². The number of phenolic OH excluding ortho intramolecular Hbond substituents is 1. The molecule has 1 aromatic carbocycles. The minimum absolute atomic E-state index is 0.0224. The Labute approximate surface area is 108 Å². The van der Waals surface area contributed by atoms with E-state index in [0.29, 0.717) is 17.3 Å². The molecule has 0 unspecified atom stereocenters. The first-order valence-corrected chi connectivity index (χ1v) is 5.62. The minimum atomic E-state index is 0.0224. The summed E-state index contributed by atoms with van der Waals surface area (Å²) >= 11 is 0. The van der Waals surface area contributed by atoms with Crippen LogP contribution in [-0.2, 0) is 0 Å². The van der Waals surface area contributed by atoms with Gasteiger partial charge in [0, 0.05) is 5.56 Å². The van der Waals surface area contributed by atoms with Crippen LogP contribution >= 0.6 is 0 Å². The smallest absolute Gasteiger partial charge is 0.258 e. The Kier molecular flexibility index (Phi) is 2.49. The highest BCUT2D eigenvalue weighted by molar-refractivity contribution is 5.66. The summed E-state index contributed by atoms with van der Waals surface area (Å²) in [5, 5.41) is 13.3. The molecule has 0 spiro atoms. The quantitative estimate of drug-likeness (QED) is 0.540. The summed E-state index contributed by atoms with van der Waals surface area (Å²) in [6, 6.07) is 6.49. The van der Waals surface area contributed by atoms with Gasteiger partial charge in [-0.15, -0.1) is 0 Å². The van der Waals surface area contributed by atoms with Crippen LogP contribution in [0.5, 0.6) is 5.75 Å². The van der Waals surface area contributed by atoms with Gasteiger partial charge in [-0.25, -0.2) is 0 Å². The number of hydrogen-bond donors (Lipinski definition) is 2. The van der Waals surface area contributed by atoms with E-state index in [-0.39, 0.29) is 11.4 Å². The third-order valence-corrected chi connectivity index (χ3v) is 2.80. The maximum Gasteiger partial charge on any atom is 0.258 e. The summed E-state index contributed by atoms with van der Waals surface area (Å²) in [6.45, 7) is 1.82. The molecule has 0 saturated carbocycles. The highest BCUT2D eigenvalue weighted by Gasteiger charge is 2.14. The molecule has 0 amide bonds. The van der Waals surface area contributed by atoms with Crippen molar-refractivity contribution in [2.45, 2.75) is 6.92 Å². The zero-order chi connectivity index (χ0) is 13.4. The van der Waals surface area contributed by atoms with Gasteiger partial charge in [0.15, 0.2) is 0 Å². The maximum atomic E-state index is 9.38. The summed E-state index contributed by atoms with van der Waals surface area (Å²) in [4.78, 5) is 4.28. The molecule has 3 aromatic rings. The van der Waals surface area contributed by atoms with Crippen molar-refractivity contribution in [2.75, 3.05) is 5.73 Å². The molecule has 0 aliphatic heterocycles. The van der Waals surface area contributed by atoms with E-state index in [9.17, 15) is 5.11 Å². The number of anilines is 1. The van der Waals surface area contributed by atoms with Gasteiger partial charge in [0.05, 0.1) is 17.5 Å². The Hall–Kier alpha value is -2.76. The van der Waals surface area contributed by atoms with Gasteiger partial charge < -0.3 is 19.8 Å². The fourth-order valence-corrected chi connectivity index (χ4v) is 1.75. The highest BCUT2D eigenvalue weighted by atomic mass is 16.5.